The third kappa shape index (κ3) is 6.62. The Kier molecular flexibility index (Phi) is 7.96. The quantitative estimate of drug-likeness (QED) is 0.409. The summed E-state index contributed by atoms with van der Waals surface area (Å²) in [4.78, 5) is 24.2. The maximum Gasteiger partial charge on any atom is 0.258 e. The fourth-order valence-electron chi connectivity index (χ4n) is 4.66. The van der Waals surface area contributed by atoms with Crippen LogP contribution in [0.1, 0.15) is 54.6 Å². The van der Waals surface area contributed by atoms with Crippen molar-refractivity contribution in [1.82, 2.24) is 9.97 Å². The van der Waals surface area contributed by atoms with Crippen LogP contribution < -0.4 is 20.3 Å². The van der Waals surface area contributed by atoms with Gasteiger partial charge in [-0.25, -0.2) is 13.4 Å². The van der Waals surface area contributed by atoms with Gasteiger partial charge in [0.1, 0.15) is 5.82 Å². The summed E-state index contributed by atoms with van der Waals surface area (Å²) in [5.74, 6) is -0.00834. The van der Waals surface area contributed by atoms with E-state index in [0.717, 1.165) is 19.3 Å². The summed E-state index contributed by atoms with van der Waals surface area (Å²) in [6, 6.07) is 6.41. The first-order valence-electron chi connectivity index (χ1n) is 12.3. The number of rotatable bonds is 4. The fourth-order valence-corrected chi connectivity index (χ4v) is 5.49. The topological polar surface area (TPSA) is 157 Å². The first kappa shape index (κ1) is 26.1. The summed E-state index contributed by atoms with van der Waals surface area (Å²) >= 11 is 0. The highest BCUT2D eigenvalue weighted by atomic mass is 32.2. The number of hydrogen-bond donors (Lipinski definition) is 5. The Balaban J connectivity index is 1.69. The first-order chi connectivity index (χ1) is 17.2. The number of fused-ring (bicyclic) bond motifs is 8. The molecule has 0 spiro atoms. The van der Waals surface area contributed by atoms with Crippen LogP contribution in [-0.4, -0.2) is 72.1 Å². The molecule has 36 heavy (non-hydrogen) atoms. The number of hydrogen-bond acceptors (Lipinski definition) is 9. The van der Waals surface area contributed by atoms with E-state index in [4.69, 9.17) is 5.11 Å². The normalized spacial score (nSPS) is 18.5. The minimum absolute atomic E-state index is 0.297. The second-order valence-corrected chi connectivity index (χ2v) is 11.3. The van der Waals surface area contributed by atoms with E-state index in [-0.39, 0.29) is 5.91 Å². The lowest BCUT2D eigenvalue weighted by molar-refractivity contribution is 0.00577. The van der Waals surface area contributed by atoms with Gasteiger partial charge in [0.05, 0.1) is 34.9 Å². The number of amides is 1. The Morgan fingerprint density at radius 1 is 1.11 bits per heavy atom. The summed E-state index contributed by atoms with van der Waals surface area (Å²) < 4.78 is 26.9. The lowest BCUT2D eigenvalue weighted by Crippen LogP contribution is -2.45. The molecule has 4 heterocycles. The molecule has 4 bridgehead atoms. The standard InChI is InChI=1S/C24H34N6O5S/c1-17-15-21-27-22(32)19-6-5-18(29-36(34,35)14-13-31)16-20(19)30-11-8-24(33,9-12-30)7-3-2-4-10-25-23(26-17)28-21/h5-6,15-16,29,31,33H,2-4,7-14H2,1H3,(H2,25,26,27,28,32). The van der Waals surface area contributed by atoms with Gasteiger partial charge in [-0.1, -0.05) is 12.8 Å². The van der Waals surface area contributed by atoms with E-state index < -0.39 is 28.0 Å². The number of piperidine rings is 1. The zero-order chi connectivity index (χ0) is 25.8. The van der Waals surface area contributed by atoms with Gasteiger partial charge in [0, 0.05) is 31.4 Å². The molecule has 1 fully saturated rings. The van der Waals surface area contributed by atoms with Crippen molar-refractivity contribution in [3.05, 3.63) is 35.5 Å². The number of nitrogens with zero attached hydrogens (tertiary/aromatic N) is 3. The molecule has 1 aromatic carbocycles. The van der Waals surface area contributed by atoms with Crippen molar-refractivity contribution >= 4 is 39.1 Å². The van der Waals surface area contributed by atoms with Crippen LogP contribution in [0.3, 0.4) is 0 Å². The van der Waals surface area contributed by atoms with Gasteiger partial charge in [-0.2, -0.15) is 4.98 Å². The summed E-state index contributed by atoms with van der Waals surface area (Å²) in [5.41, 5.74) is 1.17. The van der Waals surface area contributed by atoms with Gasteiger partial charge in [-0.05, 0) is 50.8 Å². The lowest BCUT2D eigenvalue weighted by atomic mass is 9.86. The molecular weight excluding hydrogens is 484 g/mol. The van der Waals surface area contributed by atoms with Crippen molar-refractivity contribution in [1.29, 1.82) is 0 Å². The number of aliphatic hydroxyl groups is 2. The molecule has 5 rings (SSSR count). The summed E-state index contributed by atoms with van der Waals surface area (Å²) in [6.45, 7) is 3.09. The van der Waals surface area contributed by atoms with Crippen molar-refractivity contribution in [2.45, 2.75) is 51.0 Å². The molecule has 1 amide bonds. The summed E-state index contributed by atoms with van der Waals surface area (Å²) in [7, 11) is -3.73. The van der Waals surface area contributed by atoms with Crippen LogP contribution in [0.15, 0.2) is 24.3 Å². The Morgan fingerprint density at radius 3 is 2.64 bits per heavy atom. The first-order valence-corrected chi connectivity index (χ1v) is 14.0. The lowest BCUT2D eigenvalue weighted by Gasteiger charge is -2.40. The highest BCUT2D eigenvalue weighted by Crippen LogP contribution is 2.34. The molecule has 2 aromatic rings. The second-order valence-electron chi connectivity index (χ2n) is 9.50. The van der Waals surface area contributed by atoms with Gasteiger partial charge in [0.25, 0.3) is 5.91 Å². The van der Waals surface area contributed by atoms with Crippen molar-refractivity contribution < 1.29 is 23.4 Å². The maximum atomic E-state index is 13.4. The van der Waals surface area contributed by atoms with Crippen molar-refractivity contribution in [3.63, 3.8) is 0 Å². The molecule has 11 nitrogen and oxygen atoms in total. The number of sulfonamides is 1. The van der Waals surface area contributed by atoms with E-state index >= 15 is 0 Å². The Hall–Kier alpha value is -2.96. The van der Waals surface area contributed by atoms with Gasteiger partial charge >= 0.3 is 0 Å². The number of anilines is 4. The number of benzene rings is 1. The van der Waals surface area contributed by atoms with Gasteiger partial charge in [-0.3, -0.25) is 9.52 Å². The van der Waals surface area contributed by atoms with Crippen LogP contribution in [0.4, 0.5) is 23.1 Å². The minimum atomic E-state index is -3.73. The minimum Gasteiger partial charge on any atom is -0.395 e. The number of nitrogens with one attached hydrogen (secondary N) is 3. The molecule has 196 valence electrons. The molecule has 0 aliphatic carbocycles. The Bertz CT molecular complexity index is 1200. The van der Waals surface area contributed by atoms with E-state index in [2.05, 4.69) is 25.3 Å². The van der Waals surface area contributed by atoms with E-state index in [1.807, 2.05) is 11.8 Å². The molecule has 12 heteroatoms. The number of aromatic nitrogens is 2. The van der Waals surface area contributed by atoms with Crippen LogP contribution in [0, 0.1) is 6.92 Å². The third-order valence-electron chi connectivity index (χ3n) is 6.61. The molecule has 0 saturated carbocycles. The second kappa shape index (κ2) is 11.0. The van der Waals surface area contributed by atoms with Gasteiger partial charge in [0.15, 0.2) is 0 Å². The third-order valence-corrected chi connectivity index (χ3v) is 7.88. The number of aliphatic hydroxyl groups excluding tert-OH is 1. The molecule has 5 N–H and O–H groups in total. The van der Waals surface area contributed by atoms with E-state index in [1.165, 1.54) is 6.07 Å². The highest BCUT2D eigenvalue weighted by Gasteiger charge is 2.33. The van der Waals surface area contributed by atoms with E-state index in [9.17, 15) is 18.3 Å². The van der Waals surface area contributed by atoms with Crippen molar-refractivity contribution in [3.8, 4) is 0 Å². The van der Waals surface area contributed by atoms with Crippen molar-refractivity contribution in [2.24, 2.45) is 0 Å². The Labute approximate surface area is 211 Å². The van der Waals surface area contributed by atoms with Gasteiger partial charge in [0.2, 0.25) is 16.0 Å². The molecule has 3 aliphatic heterocycles. The smallest absolute Gasteiger partial charge is 0.258 e. The van der Waals surface area contributed by atoms with E-state index in [1.54, 1.807) is 18.2 Å². The number of carbonyl (C=O) groups is 1. The fraction of sp³-hybridized carbons (Fsp3) is 0.542. The largest absolute Gasteiger partial charge is 0.395 e. The summed E-state index contributed by atoms with van der Waals surface area (Å²) in [5, 5.41) is 26.2. The maximum absolute atomic E-state index is 13.4. The zero-order valence-electron chi connectivity index (χ0n) is 20.5. The van der Waals surface area contributed by atoms with Gasteiger partial charge in [-0.15, -0.1) is 0 Å². The molecule has 0 radical (unpaired) electrons. The van der Waals surface area contributed by atoms with Gasteiger partial charge < -0.3 is 25.7 Å². The monoisotopic (exact) mass is 518 g/mol. The number of carbonyl (C=O) groups excluding carboxylic acids is 1. The van der Waals surface area contributed by atoms with Crippen LogP contribution in [0.25, 0.3) is 0 Å². The molecule has 1 saturated heterocycles. The molecule has 0 unspecified atom stereocenters. The Morgan fingerprint density at radius 2 is 1.89 bits per heavy atom. The molecule has 0 atom stereocenters. The predicted molar refractivity (Wildman–Crippen MR) is 139 cm³/mol. The van der Waals surface area contributed by atoms with E-state index in [0.29, 0.717) is 73.3 Å². The van der Waals surface area contributed by atoms with Crippen LogP contribution in [0.5, 0.6) is 0 Å². The van der Waals surface area contributed by atoms with Crippen molar-refractivity contribution in [2.75, 3.05) is 52.2 Å². The number of aryl methyl sites for hydroxylation is 1. The molecule has 3 aliphatic rings. The van der Waals surface area contributed by atoms with Crippen LogP contribution in [-0.2, 0) is 10.0 Å². The van der Waals surface area contributed by atoms with Crippen LogP contribution in [0.2, 0.25) is 0 Å². The summed E-state index contributed by atoms with van der Waals surface area (Å²) in [6.07, 6.45) is 4.61. The molecular formula is C24H34N6O5S. The highest BCUT2D eigenvalue weighted by molar-refractivity contribution is 7.92. The predicted octanol–water partition coefficient (Wildman–Crippen LogP) is 2.09. The SMILES string of the molecule is Cc1cc2nc(n1)NCCCCCC1(O)CCN(CC1)c1cc(NS(=O)(=O)CCO)ccc1C(=O)N2. The molecule has 1 aromatic heterocycles. The zero-order valence-corrected chi connectivity index (χ0v) is 21.3. The average molecular weight is 519 g/mol. The van der Waals surface area contributed by atoms with Crippen LogP contribution >= 0.6 is 0 Å². The average Bonchev–Trinajstić information content (AvgIpc) is 2.80.